The van der Waals surface area contributed by atoms with Crippen molar-refractivity contribution in [3.63, 3.8) is 0 Å². The number of carbonyl (C=O) groups is 3. The van der Waals surface area contributed by atoms with E-state index in [0.717, 1.165) is 22.3 Å². The zero-order valence-electron chi connectivity index (χ0n) is 19.1. The van der Waals surface area contributed by atoms with Crippen LogP contribution < -0.4 is 4.90 Å². The zero-order chi connectivity index (χ0) is 24.1. The monoisotopic (exact) mass is 461 g/mol. The summed E-state index contributed by atoms with van der Waals surface area (Å²) in [4.78, 5) is 40.4. The van der Waals surface area contributed by atoms with Crippen molar-refractivity contribution in [3.05, 3.63) is 119 Å². The first kappa shape index (κ1) is 21.3. The summed E-state index contributed by atoms with van der Waals surface area (Å²) < 4.78 is 4.75. The molecule has 1 aliphatic heterocycles. The maximum atomic E-state index is 13.7. The summed E-state index contributed by atoms with van der Waals surface area (Å²) in [5, 5.41) is 0. The number of carbonyl (C=O) groups excluding carboxylic acids is 3. The number of hydrogen-bond donors (Lipinski definition) is 0. The first-order valence-electron chi connectivity index (χ1n) is 11.7. The number of hydrogen-bond acceptors (Lipinski definition) is 4. The topological polar surface area (TPSA) is 63.7 Å². The molecule has 35 heavy (non-hydrogen) atoms. The van der Waals surface area contributed by atoms with Crippen LogP contribution in [0.3, 0.4) is 0 Å². The summed E-state index contributed by atoms with van der Waals surface area (Å²) in [6.07, 6.45) is 4.20. The molecule has 2 aliphatic carbocycles. The summed E-state index contributed by atoms with van der Waals surface area (Å²) in [5.74, 6) is -1.92. The highest BCUT2D eigenvalue weighted by molar-refractivity contribution is 6.23. The smallest absolute Gasteiger partial charge is 0.337 e. The van der Waals surface area contributed by atoms with Gasteiger partial charge in [-0.2, -0.15) is 0 Å². The number of nitrogens with zero attached hydrogens (tertiary/aromatic N) is 1. The molecule has 6 rings (SSSR count). The summed E-state index contributed by atoms with van der Waals surface area (Å²) >= 11 is 0. The van der Waals surface area contributed by atoms with Gasteiger partial charge in [0.25, 0.3) is 0 Å². The minimum absolute atomic E-state index is 0.129. The maximum Gasteiger partial charge on any atom is 0.337 e. The number of esters is 1. The van der Waals surface area contributed by atoms with Crippen LogP contribution >= 0.6 is 0 Å². The van der Waals surface area contributed by atoms with Gasteiger partial charge in [-0.25, -0.2) is 9.69 Å². The highest BCUT2D eigenvalue weighted by Gasteiger charge is 2.62. The van der Waals surface area contributed by atoms with E-state index < -0.39 is 17.8 Å². The quantitative estimate of drug-likeness (QED) is 0.315. The standard InChI is InChI=1S/C30H23NO4/c1-35-30(34)20-12-14-21(15-13-20)31-28(32)26-22-16-17-23(27(26)29(31)33)25(22)24(18-8-4-2-5-9-18)19-10-6-3-7-11-19/h2-17,22-23,26-27H,1H3/t22-,23+,26-,27-/m0/s1. The van der Waals surface area contributed by atoms with Crippen LogP contribution in [0.2, 0.25) is 0 Å². The summed E-state index contributed by atoms with van der Waals surface area (Å²) in [6, 6.07) is 26.8. The molecular formula is C30H23NO4. The number of amides is 2. The van der Waals surface area contributed by atoms with Gasteiger partial charge in [0.05, 0.1) is 30.2 Å². The van der Waals surface area contributed by atoms with Gasteiger partial charge in [0.15, 0.2) is 0 Å². The third-order valence-electron chi connectivity index (χ3n) is 7.38. The van der Waals surface area contributed by atoms with Crippen LogP contribution in [0.1, 0.15) is 21.5 Å². The molecule has 3 aromatic rings. The second kappa shape index (κ2) is 8.20. The number of allylic oxidation sites excluding steroid dienone is 3. The lowest BCUT2D eigenvalue weighted by Gasteiger charge is -2.21. The van der Waals surface area contributed by atoms with E-state index >= 15 is 0 Å². The number of imide groups is 1. The van der Waals surface area contributed by atoms with E-state index in [4.69, 9.17) is 4.74 Å². The van der Waals surface area contributed by atoms with E-state index in [0.29, 0.717) is 11.3 Å². The molecule has 1 saturated carbocycles. The Morgan fingerprint density at radius 3 is 1.63 bits per heavy atom. The molecule has 1 heterocycles. The van der Waals surface area contributed by atoms with Crippen molar-refractivity contribution < 1.29 is 19.1 Å². The molecule has 0 aromatic heterocycles. The molecule has 0 radical (unpaired) electrons. The lowest BCUT2D eigenvalue weighted by Crippen LogP contribution is -2.33. The van der Waals surface area contributed by atoms with E-state index in [1.165, 1.54) is 12.0 Å². The molecule has 172 valence electrons. The number of fused-ring (bicyclic) bond motifs is 5. The molecule has 3 aliphatic rings. The maximum absolute atomic E-state index is 13.7. The van der Waals surface area contributed by atoms with Crippen LogP contribution in [0.5, 0.6) is 0 Å². The predicted molar refractivity (Wildman–Crippen MR) is 132 cm³/mol. The highest BCUT2D eigenvalue weighted by atomic mass is 16.5. The fourth-order valence-corrected chi connectivity index (χ4v) is 5.93. The summed E-state index contributed by atoms with van der Waals surface area (Å²) in [5.41, 5.74) is 5.29. The predicted octanol–water partition coefficient (Wildman–Crippen LogP) is 4.90. The molecule has 2 fully saturated rings. The van der Waals surface area contributed by atoms with Gasteiger partial charge in [0.2, 0.25) is 11.8 Å². The Bertz CT molecular complexity index is 1310. The first-order chi connectivity index (χ1) is 17.1. The molecule has 0 unspecified atom stereocenters. The Hall–Kier alpha value is -4.25. The molecule has 1 saturated heterocycles. The molecular weight excluding hydrogens is 438 g/mol. The second-order valence-corrected chi connectivity index (χ2v) is 9.10. The zero-order valence-corrected chi connectivity index (χ0v) is 19.1. The second-order valence-electron chi connectivity index (χ2n) is 9.10. The summed E-state index contributed by atoms with van der Waals surface area (Å²) in [7, 11) is 1.32. The largest absolute Gasteiger partial charge is 0.465 e. The van der Waals surface area contributed by atoms with Gasteiger partial charge in [-0.1, -0.05) is 72.8 Å². The lowest BCUT2D eigenvalue weighted by molar-refractivity contribution is -0.122. The average molecular weight is 462 g/mol. The Balaban J connectivity index is 1.42. The van der Waals surface area contributed by atoms with Crippen molar-refractivity contribution in [1.82, 2.24) is 0 Å². The Morgan fingerprint density at radius 2 is 1.17 bits per heavy atom. The lowest BCUT2D eigenvalue weighted by atomic mass is 9.85. The van der Waals surface area contributed by atoms with E-state index in [1.807, 2.05) is 36.4 Å². The minimum Gasteiger partial charge on any atom is -0.465 e. The van der Waals surface area contributed by atoms with Gasteiger partial charge in [-0.05, 0) is 46.5 Å². The van der Waals surface area contributed by atoms with Gasteiger partial charge in [0, 0.05) is 11.8 Å². The number of methoxy groups -OCH3 is 1. The van der Waals surface area contributed by atoms with Gasteiger partial charge in [0.1, 0.15) is 0 Å². The fourth-order valence-electron chi connectivity index (χ4n) is 5.93. The molecule has 5 nitrogen and oxygen atoms in total. The molecule has 2 bridgehead atoms. The van der Waals surface area contributed by atoms with Gasteiger partial charge in [-0.3, -0.25) is 9.59 Å². The molecule has 3 aromatic carbocycles. The normalized spacial score (nSPS) is 24.1. The first-order valence-corrected chi connectivity index (χ1v) is 11.7. The van der Waals surface area contributed by atoms with Gasteiger partial charge in [-0.15, -0.1) is 0 Å². The third kappa shape index (κ3) is 3.19. The molecule has 5 heteroatoms. The van der Waals surface area contributed by atoms with Crippen molar-refractivity contribution in [2.45, 2.75) is 0 Å². The van der Waals surface area contributed by atoms with Crippen LogP contribution in [0, 0.1) is 23.7 Å². The molecule has 2 amide bonds. The Morgan fingerprint density at radius 1 is 0.686 bits per heavy atom. The van der Waals surface area contributed by atoms with Crippen molar-refractivity contribution in [2.24, 2.45) is 23.7 Å². The van der Waals surface area contributed by atoms with Crippen molar-refractivity contribution in [3.8, 4) is 0 Å². The van der Waals surface area contributed by atoms with Crippen LogP contribution in [-0.4, -0.2) is 24.9 Å². The fraction of sp³-hybridized carbons (Fsp3) is 0.167. The average Bonchev–Trinajstić information content (AvgIpc) is 3.54. The molecule has 0 N–H and O–H groups in total. The summed E-state index contributed by atoms with van der Waals surface area (Å²) in [6.45, 7) is 0. The molecule has 4 atom stereocenters. The van der Waals surface area contributed by atoms with Crippen LogP contribution in [0.4, 0.5) is 5.69 Å². The van der Waals surface area contributed by atoms with E-state index in [2.05, 4.69) is 36.4 Å². The molecule has 0 spiro atoms. The number of anilines is 1. The van der Waals surface area contributed by atoms with E-state index in [1.54, 1.807) is 24.3 Å². The SMILES string of the molecule is COC(=O)c1ccc(N2C(=O)[C@@H]3[C@@H](C2=O)[C@H]2C=C[C@@H]3C2=C(c2ccccc2)c2ccccc2)cc1. The van der Waals surface area contributed by atoms with Crippen LogP contribution in [0.25, 0.3) is 5.57 Å². The minimum atomic E-state index is -0.459. The Kier molecular flexibility index (Phi) is 4.99. The Labute approximate surface area is 203 Å². The van der Waals surface area contributed by atoms with Crippen molar-refractivity contribution in [2.75, 3.05) is 12.0 Å². The van der Waals surface area contributed by atoms with Crippen molar-refractivity contribution in [1.29, 1.82) is 0 Å². The van der Waals surface area contributed by atoms with E-state index in [9.17, 15) is 14.4 Å². The van der Waals surface area contributed by atoms with Crippen molar-refractivity contribution >= 4 is 29.0 Å². The number of rotatable bonds is 4. The van der Waals surface area contributed by atoms with Crippen LogP contribution in [-0.2, 0) is 14.3 Å². The number of benzene rings is 3. The van der Waals surface area contributed by atoms with Gasteiger partial charge >= 0.3 is 5.97 Å². The highest BCUT2D eigenvalue weighted by Crippen LogP contribution is 2.58. The van der Waals surface area contributed by atoms with Crippen LogP contribution in [0.15, 0.2) is 103 Å². The van der Waals surface area contributed by atoms with Gasteiger partial charge < -0.3 is 4.74 Å². The third-order valence-corrected chi connectivity index (χ3v) is 7.38. The number of ether oxygens (including phenoxy) is 1. The van der Waals surface area contributed by atoms with E-state index in [-0.39, 0.29) is 23.7 Å².